The van der Waals surface area contributed by atoms with Gasteiger partial charge in [-0.25, -0.2) is 4.79 Å². The lowest BCUT2D eigenvalue weighted by atomic mass is 10.1. The third-order valence-electron chi connectivity index (χ3n) is 3.75. The average molecular weight is 390 g/mol. The van der Waals surface area contributed by atoms with E-state index in [2.05, 4.69) is 0 Å². The van der Waals surface area contributed by atoms with Gasteiger partial charge in [-0.05, 0) is 43.7 Å². The molecule has 2 rings (SSSR count). The van der Waals surface area contributed by atoms with Gasteiger partial charge in [0.1, 0.15) is 5.75 Å². The highest BCUT2D eigenvalue weighted by Gasteiger charge is 2.33. The van der Waals surface area contributed by atoms with Gasteiger partial charge in [-0.15, -0.1) is 0 Å². The molecule has 0 aliphatic heterocycles. The van der Waals surface area contributed by atoms with E-state index in [4.69, 9.17) is 13.8 Å². The maximum Gasteiger partial charge on any atom is 0.361 e. The summed E-state index contributed by atoms with van der Waals surface area (Å²) < 4.78 is 29.6. The molecule has 0 unspecified atom stereocenters. The molecule has 6 nitrogen and oxygen atoms in total. The zero-order valence-electron chi connectivity index (χ0n) is 15.5. The van der Waals surface area contributed by atoms with E-state index in [9.17, 15) is 14.5 Å². The normalized spacial score (nSPS) is 12.0. The van der Waals surface area contributed by atoms with Gasteiger partial charge in [0.25, 0.3) is 0 Å². The van der Waals surface area contributed by atoms with Crippen molar-refractivity contribution in [2.24, 2.45) is 0 Å². The number of hydrogen-bond donors (Lipinski definition) is 1. The van der Waals surface area contributed by atoms with Crippen LogP contribution in [0.3, 0.4) is 0 Å². The van der Waals surface area contributed by atoms with Gasteiger partial charge in [0.15, 0.2) is 0 Å². The van der Waals surface area contributed by atoms with Crippen LogP contribution < -0.4 is 4.74 Å². The summed E-state index contributed by atoms with van der Waals surface area (Å²) in [6.07, 6.45) is 1.63. The third-order valence-corrected chi connectivity index (χ3v) is 5.90. The Balaban J connectivity index is 2.69. The topological polar surface area (TPSA) is 82.1 Å². The van der Waals surface area contributed by atoms with Crippen LogP contribution in [0.2, 0.25) is 0 Å². The number of methoxy groups -OCH3 is 1. The number of carbonyl (C=O) groups is 1. The summed E-state index contributed by atoms with van der Waals surface area (Å²) in [5.74, 6) is -0.441. The van der Waals surface area contributed by atoms with Crippen LogP contribution in [0.1, 0.15) is 35.3 Å². The van der Waals surface area contributed by atoms with Gasteiger partial charge in [-0.2, -0.15) is 0 Å². The third kappa shape index (κ3) is 5.07. The molecule has 1 N–H and O–H groups in total. The van der Waals surface area contributed by atoms with Crippen molar-refractivity contribution in [3.63, 3.8) is 0 Å². The lowest BCUT2D eigenvalue weighted by Crippen LogP contribution is -2.05. The highest BCUT2D eigenvalue weighted by Crippen LogP contribution is 2.61. The summed E-state index contributed by atoms with van der Waals surface area (Å²) in [4.78, 5) is 11.7. The Morgan fingerprint density at radius 3 is 2.04 bits per heavy atom. The molecule has 0 aromatic heterocycles. The molecular formula is C20H23O6P. The molecule has 0 heterocycles. The van der Waals surface area contributed by atoms with Crippen molar-refractivity contribution in [2.45, 2.75) is 13.8 Å². The van der Waals surface area contributed by atoms with Crippen LogP contribution in [0.5, 0.6) is 5.75 Å². The van der Waals surface area contributed by atoms with Crippen molar-refractivity contribution in [3.05, 3.63) is 65.2 Å². The van der Waals surface area contributed by atoms with Crippen LogP contribution in [0, 0.1) is 0 Å². The van der Waals surface area contributed by atoms with E-state index in [1.807, 2.05) is 0 Å². The number of ether oxygens (including phenoxy) is 1. The standard InChI is InChI=1S/C20H23O6P/c1-4-25-27(23,26-5-2)19(14-15-10-12-16(24-3)13-11-15)17-8-6-7-9-18(17)20(21)22/h6-14H,4-5H2,1-3H3,(H,21,22)/b19-14+. The summed E-state index contributed by atoms with van der Waals surface area (Å²) >= 11 is 0. The maximum absolute atomic E-state index is 13.5. The molecule has 0 amide bonds. The fourth-order valence-electron chi connectivity index (χ4n) is 2.57. The first-order chi connectivity index (χ1) is 12.9. The van der Waals surface area contributed by atoms with Crippen LogP contribution in [0.25, 0.3) is 11.4 Å². The van der Waals surface area contributed by atoms with Gasteiger partial charge < -0.3 is 18.9 Å². The monoisotopic (exact) mass is 390 g/mol. The van der Waals surface area contributed by atoms with E-state index in [0.717, 1.165) is 0 Å². The zero-order valence-corrected chi connectivity index (χ0v) is 16.4. The first-order valence-corrected chi connectivity index (χ1v) is 10.1. The Morgan fingerprint density at radius 1 is 1.00 bits per heavy atom. The molecule has 0 aliphatic carbocycles. The molecule has 0 saturated heterocycles. The van der Waals surface area contributed by atoms with Crippen molar-refractivity contribution >= 4 is 25.0 Å². The fraction of sp³-hybridized carbons (Fsp3) is 0.250. The number of hydrogen-bond acceptors (Lipinski definition) is 5. The highest BCUT2D eigenvalue weighted by molar-refractivity contribution is 7.65. The smallest absolute Gasteiger partial charge is 0.361 e. The van der Waals surface area contributed by atoms with Gasteiger partial charge >= 0.3 is 13.6 Å². The minimum Gasteiger partial charge on any atom is -0.497 e. The molecule has 7 heteroatoms. The SMILES string of the molecule is CCOP(=O)(OCC)/C(=C/c1ccc(OC)cc1)c1ccccc1C(=O)O. The minimum atomic E-state index is -3.74. The first kappa shape index (κ1) is 20.9. The predicted molar refractivity (Wildman–Crippen MR) is 105 cm³/mol. The number of aromatic carboxylic acids is 1. The Labute approximate surface area is 158 Å². The number of carboxylic acid groups (broad SMARTS) is 1. The molecule has 0 bridgehead atoms. The van der Waals surface area contributed by atoms with Crippen LogP contribution >= 0.6 is 7.60 Å². The second-order valence-corrected chi connectivity index (χ2v) is 7.48. The van der Waals surface area contributed by atoms with Crippen molar-refractivity contribution in [2.75, 3.05) is 20.3 Å². The number of rotatable bonds is 9. The van der Waals surface area contributed by atoms with E-state index in [0.29, 0.717) is 16.9 Å². The molecule has 0 atom stereocenters. The van der Waals surface area contributed by atoms with Gasteiger partial charge in [0, 0.05) is 5.56 Å². The lowest BCUT2D eigenvalue weighted by Gasteiger charge is -2.21. The molecule has 0 fully saturated rings. The van der Waals surface area contributed by atoms with E-state index < -0.39 is 13.6 Å². The minimum absolute atomic E-state index is 0.0249. The second-order valence-electron chi connectivity index (χ2n) is 5.49. The molecule has 2 aromatic carbocycles. The van der Waals surface area contributed by atoms with Crippen LogP contribution in [-0.2, 0) is 13.6 Å². The van der Waals surface area contributed by atoms with E-state index in [1.165, 1.54) is 6.07 Å². The molecule has 144 valence electrons. The molecular weight excluding hydrogens is 367 g/mol. The van der Waals surface area contributed by atoms with Crippen LogP contribution in [0.15, 0.2) is 48.5 Å². The summed E-state index contributed by atoms with van der Waals surface area (Å²) in [7, 11) is -2.17. The summed E-state index contributed by atoms with van der Waals surface area (Å²) in [6.45, 7) is 3.73. The van der Waals surface area contributed by atoms with Crippen molar-refractivity contribution < 1.29 is 28.3 Å². The maximum atomic E-state index is 13.5. The number of benzene rings is 2. The molecule has 0 aliphatic rings. The van der Waals surface area contributed by atoms with Crippen molar-refractivity contribution in [3.8, 4) is 5.75 Å². The van der Waals surface area contributed by atoms with Gasteiger partial charge in [0.05, 0.1) is 31.2 Å². The predicted octanol–water partition coefficient (Wildman–Crippen LogP) is 5.16. The van der Waals surface area contributed by atoms with Gasteiger partial charge in [-0.3, -0.25) is 4.57 Å². The molecule has 27 heavy (non-hydrogen) atoms. The Morgan fingerprint density at radius 2 is 1.56 bits per heavy atom. The quantitative estimate of drug-likeness (QED) is 0.471. The molecule has 0 saturated carbocycles. The molecule has 2 aromatic rings. The summed E-state index contributed by atoms with van der Waals surface area (Å²) in [6, 6.07) is 13.5. The van der Waals surface area contributed by atoms with E-state index >= 15 is 0 Å². The van der Waals surface area contributed by atoms with Crippen LogP contribution in [-0.4, -0.2) is 31.4 Å². The molecule has 0 spiro atoms. The lowest BCUT2D eigenvalue weighted by molar-refractivity contribution is 0.0696. The Hall–Kier alpha value is -2.40. The van der Waals surface area contributed by atoms with Gasteiger partial charge in [0.2, 0.25) is 0 Å². The Bertz CT molecular complexity index is 847. The van der Waals surface area contributed by atoms with Gasteiger partial charge in [-0.1, -0.05) is 30.3 Å². The van der Waals surface area contributed by atoms with E-state index in [1.54, 1.807) is 69.5 Å². The largest absolute Gasteiger partial charge is 0.497 e. The van der Waals surface area contributed by atoms with Crippen LogP contribution in [0.4, 0.5) is 0 Å². The average Bonchev–Trinajstić information content (AvgIpc) is 2.67. The van der Waals surface area contributed by atoms with E-state index in [-0.39, 0.29) is 24.1 Å². The highest BCUT2D eigenvalue weighted by atomic mass is 31.2. The Kier molecular flexibility index (Phi) is 7.36. The number of carboxylic acids is 1. The van der Waals surface area contributed by atoms with Crippen molar-refractivity contribution in [1.29, 1.82) is 0 Å². The summed E-state index contributed by atoms with van der Waals surface area (Å²) in [5, 5.41) is 9.76. The first-order valence-electron chi connectivity index (χ1n) is 8.53. The fourth-order valence-corrected chi connectivity index (χ4v) is 4.40. The second kappa shape index (κ2) is 9.51. The zero-order chi connectivity index (χ0) is 19.9. The van der Waals surface area contributed by atoms with Crippen molar-refractivity contribution in [1.82, 2.24) is 0 Å². The molecule has 0 radical (unpaired) electrons. The summed E-state index contributed by atoms with van der Waals surface area (Å²) in [5.41, 5.74) is 1.04.